The van der Waals surface area contributed by atoms with Crippen LogP contribution in [0.2, 0.25) is 0 Å². The van der Waals surface area contributed by atoms with Crippen molar-refractivity contribution in [2.45, 2.75) is 25.4 Å². The van der Waals surface area contributed by atoms with Crippen LogP contribution in [-0.4, -0.2) is 24.0 Å². The molecule has 0 unspecified atom stereocenters. The Morgan fingerprint density at radius 3 is 2.32 bits per heavy atom. The van der Waals surface area contributed by atoms with Gasteiger partial charge in [-0.25, -0.2) is 8.78 Å². The normalized spacial score (nSPS) is 16.6. The highest BCUT2D eigenvalue weighted by Crippen LogP contribution is 2.19. The third-order valence-electron chi connectivity index (χ3n) is 4.15. The van der Waals surface area contributed by atoms with Crippen LogP contribution >= 0.6 is 0 Å². The Labute approximate surface area is 129 Å². The SMILES string of the molecule is Fc1ccc(NC2CCN(Cc3ccccc3F)CC2)cc1. The van der Waals surface area contributed by atoms with Gasteiger partial charge in [-0.1, -0.05) is 18.2 Å². The van der Waals surface area contributed by atoms with Crippen LogP contribution in [0.15, 0.2) is 48.5 Å². The molecule has 1 fully saturated rings. The van der Waals surface area contributed by atoms with Gasteiger partial charge in [-0.3, -0.25) is 4.90 Å². The van der Waals surface area contributed by atoms with Crippen molar-refractivity contribution in [3.8, 4) is 0 Å². The molecule has 0 aliphatic carbocycles. The minimum Gasteiger partial charge on any atom is -0.382 e. The number of rotatable bonds is 4. The van der Waals surface area contributed by atoms with E-state index in [1.807, 2.05) is 12.1 Å². The summed E-state index contributed by atoms with van der Waals surface area (Å²) < 4.78 is 26.6. The van der Waals surface area contributed by atoms with Crippen LogP contribution in [0.5, 0.6) is 0 Å². The molecule has 2 aromatic rings. The van der Waals surface area contributed by atoms with Crippen molar-refractivity contribution < 1.29 is 8.78 Å². The molecule has 0 amide bonds. The zero-order chi connectivity index (χ0) is 15.4. The third kappa shape index (κ3) is 3.83. The fraction of sp³-hybridized carbons (Fsp3) is 0.333. The lowest BCUT2D eigenvalue weighted by molar-refractivity contribution is 0.209. The number of anilines is 1. The van der Waals surface area contributed by atoms with E-state index >= 15 is 0 Å². The van der Waals surface area contributed by atoms with Gasteiger partial charge in [0.1, 0.15) is 11.6 Å². The molecule has 0 saturated carbocycles. The van der Waals surface area contributed by atoms with E-state index in [1.54, 1.807) is 18.2 Å². The Morgan fingerprint density at radius 1 is 0.955 bits per heavy atom. The van der Waals surface area contributed by atoms with Crippen molar-refractivity contribution in [2.24, 2.45) is 0 Å². The van der Waals surface area contributed by atoms with Crippen LogP contribution in [0.3, 0.4) is 0 Å². The Balaban J connectivity index is 1.50. The second-order valence-corrected chi connectivity index (χ2v) is 5.79. The smallest absolute Gasteiger partial charge is 0.127 e. The van der Waals surface area contributed by atoms with E-state index in [4.69, 9.17) is 0 Å². The van der Waals surface area contributed by atoms with Crippen molar-refractivity contribution in [3.05, 3.63) is 65.7 Å². The number of nitrogens with one attached hydrogen (secondary N) is 1. The first-order valence-electron chi connectivity index (χ1n) is 7.68. The minimum absolute atomic E-state index is 0.130. The average Bonchev–Trinajstić information content (AvgIpc) is 2.54. The Bertz CT molecular complexity index is 605. The van der Waals surface area contributed by atoms with E-state index in [2.05, 4.69) is 10.2 Å². The van der Waals surface area contributed by atoms with Crippen LogP contribution in [0.4, 0.5) is 14.5 Å². The van der Waals surface area contributed by atoms with E-state index < -0.39 is 0 Å². The van der Waals surface area contributed by atoms with Gasteiger partial charge in [0.2, 0.25) is 0 Å². The zero-order valence-electron chi connectivity index (χ0n) is 12.4. The Morgan fingerprint density at radius 2 is 1.64 bits per heavy atom. The van der Waals surface area contributed by atoms with Crippen molar-refractivity contribution in [1.82, 2.24) is 4.90 Å². The van der Waals surface area contributed by atoms with Crippen molar-refractivity contribution in [3.63, 3.8) is 0 Å². The van der Waals surface area contributed by atoms with Gasteiger partial charge in [0, 0.05) is 36.9 Å². The summed E-state index contributed by atoms with van der Waals surface area (Å²) in [5.74, 6) is -0.348. The summed E-state index contributed by atoms with van der Waals surface area (Å²) in [6, 6.07) is 13.8. The summed E-state index contributed by atoms with van der Waals surface area (Å²) in [6.07, 6.45) is 2.01. The van der Waals surface area contributed by atoms with Crippen LogP contribution in [0.1, 0.15) is 18.4 Å². The predicted molar refractivity (Wildman–Crippen MR) is 84.7 cm³/mol. The molecule has 4 heteroatoms. The molecule has 1 heterocycles. The van der Waals surface area contributed by atoms with E-state index in [1.165, 1.54) is 18.2 Å². The van der Waals surface area contributed by atoms with Gasteiger partial charge >= 0.3 is 0 Å². The molecule has 3 rings (SSSR count). The van der Waals surface area contributed by atoms with Gasteiger partial charge in [0.25, 0.3) is 0 Å². The highest BCUT2D eigenvalue weighted by atomic mass is 19.1. The molecule has 1 N–H and O–H groups in total. The summed E-state index contributed by atoms with van der Waals surface area (Å²) >= 11 is 0. The van der Waals surface area contributed by atoms with Crippen molar-refractivity contribution in [2.75, 3.05) is 18.4 Å². The summed E-state index contributed by atoms with van der Waals surface area (Å²) in [5, 5.41) is 3.44. The minimum atomic E-state index is -0.217. The lowest BCUT2D eigenvalue weighted by Gasteiger charge is -2.33. The number of likely N-dealkylation sites (tertiary alicyclic amines) is 1. The molecule has 0 atom stereocenters. The van der Waals surface area contributed by atoms with Crippen LogP contribution in [0, 0.1) is 11.6 Å². The number of hydrogen-bond donors (Lipinski definition) is 1. The average molecular weight is 302 g/mol. The van der Waals surface area contributed by atoms with Gasteiger partial charge in [0.05, 0.1) is 0 Å². The van der Waals surface area contributed by atoms with Crippen molar-refractivity contribution >= 4 is 5.69 Å². The molecule has 2 aromatic carbocycles. The largest absolute Gasteiger partial charge is 0.382 e. The molecule has 0 radical (unpaired) electrons. The summed E-state index contributed by atoms with van der Waals surface area (Å²) in [7, 11) is 0. The van der Waals surface area contributed by atoms with Crippen molar-refractivity contribution in [1.29, 1.82) is 0 Å². The monoisotopic (exact) mass is 302 g/mol. The van der Waals surface area contributed by atoms with Gasteiger partial charge in [0.15, 0.2) is 0 Å². The highest BCUT2D eigenvalue weighted by Gasteiger charge is 2.19. The fourth-order valence-corrected chi connectivity index (χ4v) is 2.88. The van der Waals surface area contributed by atoms with E-state index in [-0.39, 0.29) is 11.6 Å². The molecule has 0 aromatic heterocycles. The molecule has 2 nitrogen and oxygen atoms in total. The van der Waals surface area contributed by atoms with Gasteiger partial charge < -0.3 is 5.32 Å². The van der Waals surface area contributed by atoms with E-state index in [0.29, 0.717) is 12.6 Å². The van der Waals surface area contributed by atoms with Gasteiger partial charge in [-0.2, -0.15) is 0 Å². The molecule has 1 aliphatic rings. The second-order valence-electron chi connectivity index (χ2n) is 5.79. The molecule has 22 heavy (non-hydrogen) atoms. The Hall–Kier alpha value is -1.94. The molecule has 1 aliphatic heterocycles. The lowest BCUT2D eigenvalue weighted by atomic mass is 10.0. The number of halogens is 2. The maximum absolute atomic E-state index is 13.7. The first kappa shape index (κ1) is 15.0. The quantitative estimate of drug-likeness (QED) is 0.917. The molecular formula is C18H20F2N2. The summed E-state index contributed by atoms with van der Waals surface area (Å²) in [6.45, 7) is 2.54. The van der Waals surface area contributed by atoms with E-state index in [9.17, 15) is 8.78 Å². The number of hydrogen-bond acceptors (Lipinski definition) is 2. The zero-order valence-corrected chi connectivity index (χ0v) is 12.4. The lowest BCUT2D eigenvalue weighted by Crippen LogP contribution is -2.38. The predicted octanol–water partition coefficient (Wildman–Crippen LogP) is 4.04. The number of nitrogens with zero attached hydrogens (tertiary/aromatic N) is 1. The van der Waals surface area contributed by atoms with Crippen LogP contribution < -0.4 is 5.32 Å². The van der Waals surface area contributed by atoms with Gasteiger partial charge in [-0.05, 0) is 43.2 Å². The van der Waals surface area contributed by atoms with Gasteiger partial charge in [-0.15, -0.1) is 0 Å². The molecule has 1 saturated heterocycles. The number of benzene rings is 2. The first-order valence-corrected chi connectivity index (χ1v) is 7.68. The summed E-state index contributed by atoms with van der Waals surface area (Å²) in [5.41, 5.74) is 1.71. The first-order chi connectivity index (χ1) is 10.7. The van der Waals surface area contributed by atoms with E-state index in [0.717, 1.165) is 37.2 Å². The molecule has 0 spiro atoms. The molecule has 116 valence electrons. The summed E-state index contributed by atoms with van der Waals surface area (Å²) in [4.78, 5) is 2.28. The maximum Gasteiger partial charge on any atom is 0.127 e. The van der Waals surface area contributed by atoms with Crippen LogP contribution in [-0.2, 0) is 6.54 Å². The second kappa shape index (κ2) is 6.88. The highest BCUT2D eigenvalue weighted by molar-refractivity contribution is 5.43. The third-order valence-corrected chi connectivity index (χ3v) is 4.15. The maximum atomic E-state index is 13.7. The molecular weight excluding hydrogens is 282 g/mol. The number of piperidine rings is 1. The van der Waals surface area contributed by atoms with Crippen LogP contribution in [0.25, 0.3) is 0 Å². The standard InChI is InChI=1S/C18H20F2N2/c19-15-5-7-16(8-6-15)21-17-9-11-22(12-10-17)13-14-3-1-2-4-18(14)20/h1-8,17,21H,9-13H2. The fourth-order valence-electron chi connectivity index (χ4n) is 2.88. The molecule has 0 bridgehead atoms. The topological polar surface area (TPSA) is 15.3 Å². The Kier molecular flexibility index (Phi) is 4.68.